The number of anilines is 1. The molecule has 3 aliphatic rings. The molecule has 1 aromatic rings. The number of aliphatic imine (C=N–C) groups is 1. The minimum absolute atomic E-state index is 0. The van der Waals surface area contributed by atoms with Gasteiger partial charge in [0.2, 0.25) is 5.13 Å². The van der Waals surface area contributed by atoms with Crippen molar-refractivity contribution in [3.05, 3.63) is 5.82 Å². The Morgan fingerprint density at radius 2 is 1.80 bits per heavy atom. The Kier molecular flexibility index (Phi) is 9.33. The lowest BCUT2D eigenvalue weighted by atomic mass is 9.94. The second kappa shape index (κ2) is 11.5. The molecule has 1 N–H and O–H groups in total. The fraction of sp³-hybridized carbons (Fsp3) is 0.850. The van der Waals surface area contributed by atoms with Crippen LogP contribution in [-0.4, -0.2) is 95.0 Å². The predicted molar refractivity (Wildman–Crippen MR) is 140 cm³/mol. The maximum absolute atomic E-state index is 4.65. The molecule has 1 saturated carbocycles. The van der Waals surface area contributed by atoms with Crippen molar-refractivity contribution in [3.8, 4) is 0 Å². The SMILES string of the molecule is CCc1nsc(N2CCN(C(=NC)NCC3(N4CCSCC4)CCCC3)CC2)n1.I. The molecular formula is C20H36IN7S2. The number of hydrogen-bond donors (Lipinski definition) is 1. The summed E-state index contributed by atoms with van der Waals surface area (Å²) in [5.74, 6) is 4.59. The molecule has 0 radical (unpaired) electrons. The van der Waals surface area contributed by atoms with Crippen molar-refractivity contribution >= 4 is 58.4 Å². The highest BCUT2D eigenvalue weighted by atomic mass is 127. The molecule has 0 unspecified atom stereocenters. The van der Waals surface area contributed by atoms with E-state index >= 15 is 0 Å². The van der Waals surface area contributed by atoms with Gasteiger partial charge in [-0.1, -0.05) is 19.8 Å². The van der Waals surface area contributed by atoms with E-state index in [-0.39, 0.29) is 24.0 Å². The van der Waals surface area contributed by atoms with Gasteiger partial charge in [0.25, 0.3) is 0 Å². The summed E-state index contributed by atoms with van der Waals surface area (Å²) in [7, 11) is 1.92. The molecule has 3 heterocycles. The third kappa shape index (κ3) is 5.53. The van der Waals surface area contributed by atoms with Gasteiger partial charge < -0.3 is 15.1 Å². The zero-order valence-electron chi connectivity index (χ0n) is 18.3. The van der Waals surface area contributed by atoms with Gasteiger partial charge in [0.05, 0.1) is 0 Å². The van der Waals surface area contributed by atoms with Crippen LogP contribution >= 0.6 is 47.3 Å². The molecule has 10 heteroatoms. The highest BCUT2D eigenvalue weighted by Crippen LogP contribution is 2.36. The maximum atomic E-state index is 4.65. The van der Waals surface area contributed by atoms with E-state index in [0.717, 1.165) is 56.1 Å². The minimum atomic E-state index is 0. The number of hydrogen-bond acceptors (Lipinski definition) is 7. The van der Waals surface area contributed by atoms with Crippen LogP contribution < -0.4 is 10.2 Å². The van der Waals surface area contributed by atoms with Crippen LogP contribution in [0.4, 0.5) is 5.13 Å². The first-order chi connectivity index (χ1) is 14.2. The molecule has 0 bridgehead atoms. The molecule has 4 rings (SSSR count). The van der Waals surface area contributed by atoms with Gasteiger partial charge >= 0.3 is 0 Å². The summed E-state index contributed by atoms with van der Waals surface area (Å²) in [6.07, 6.45) is 6.29. The summed E-state index contributed by atoms with van der Waals surface area (Å²) in [4.78, 5) is 16.8. The summed E-state index contributed by atoms with van der Waals surface area (Å²) in [5, 5.41) is 4.84. The molecule has 2 saturated heterocycles. The van der Waals surface area contributed by atoms with E-state index < -0.39 is 0 Å². The fourth-order valence-corrected chi connectivity index (χ4v) is 6.58. The number of piperazine rings is 1. The Balaban J connectivity index is 0.00000256. The number of nitrogens with one attached hydrogen (secondary N) is 1. The summed E-state index contributed by atoms with van der Waals surface area (Å²) >= 11 is 3.63. The zero-order valence-corrected chi connectivity index (χ0v) is 22.3. The molecule has 0 spiro atoms. The first kappa shape index (κ1) is 24.3. The van der Waals surface area contributed by atoms with Gasteiger partial charge in [0.1, 0.15) is 5.82 Å². The second-order valence-corrected chi connectivity index (χ2v) is 10.2. The van der Waals surface area contributed by atoms with E-state index in [1.54, 1.807) is 0 Å². The largest absolute Gasteiger partial charge is 0.354 e. The van der Waals surface area contributed by atoms with Crippen LogP contribution in [0.5, 0.6) is 0 Å². The summed E-state index contributed by atoms with van der Waals surface area (Å²) in [6, 6.07) is 0. The van der Waals surface area contributed by atoms with Crippen LogP contribution in [-0.2, 0) is 6.42 Å². The summed E-state index contributed by atoms with van der Waals surface area (Å²) in [6.45, 7) is 9.54. The van der Waals surface area contributed by atoms with Crippen molar-refractivity contribution in [3.63, 3.8) is 0 Å². The predicted octanol–water partition coefficient (Wildman–Crippen LogP) is 2.78. The third-order valence-electron chi connectivity index (χ3n) is 6.63. The number of thioether (sulfide) groups is 1. The Morgan fingerprint density at radius 3 is 2.40 bits per heavy atom. The van der Waals surface area contributed by atoms with Crippen molar-refractivity contribution in [2.45, 2.75) is 44.6 Å². The van der Waals surface area contributed by atoms with Gasteiger partial charge in [-0.05, 0) is 12.8 Å². The van der Waals surface area contributed by atoms with E-state index in [1.807, 2.05) is 7.05 Å². The minimum Gasteiger partial charge on any atom is -0.354 e. The molecule has 0 amide bonds. The normalized spacial score (nSPS) is 22.8. The van der Waals surface area contributed by atoms with Crippen molar-refractivity contribution in [2.24, 2.45) is 4.99 Å². The maximum Gasteiger partial charge on any atom is 0.205 e. The monoisotopic (exact) mass is 565 g/mol. The molecule has 30 heavy (non-hydrogen) atoms. The van der Waals surface area contributed by atoms with Crippen molar-refractivity contribution < 1.29 is 0 Å². The average molecular weight is 566 g/mol. The Labute approximate surface area is 206 Å². The molecule has 170 valence electrons. The van der Waals surface area contributed by atoms with E-state index in [2.05, 4.69) is 53.1 Å². The van der Waals surface area contributed by atoms with Crippen molar-refractivity contribution in [1.82, 2.24) is 24.5 Å². The van der Waals surface area contributed by atoms with E-state index in [1.165, 1.54) is 61.8 Å². The van der Waals surface area contributed by atoms with Crippen molar-refractivity contribution in [2.75, 3.05) is 69.3 Å². The van der Waals surface area contributed by atoms with Crippen LogP contribution in [0.2, 0.25) is 0 Å². The number of guanidine groups is 1. The van der Waals surface area contributed by atoms with Crippen LogP contribution in [0, 0.1) is 0 Å². The van der Waals surface area contributed by atoms with Gasteiger partial charge in [-0.2, -0.15) is 16.1 Å². The second-order valence-electron chi connectivity index (χ2n) is 8.25. The topological polar surface area (TPSA) is 59.9 Å². The standard InChI is InChI=1S/C20H35N7S2.HI/c1-3-17-23-19(29-24-17)26-10-8-25(9-11-26)18(21-2)22-16-20(6-4-5-7-20)27-12-14-28-15-13-27;/h3-16H2,1-2H3,(H,21,22);1H. The third-order valence-corrected chi connectivity index (χ3v) is 8.38. The highest BCUT2D eigenvalue weighted by molar-refractivity contribution is 14.0. The fourth-order valence-electron chi connectivity index (χ4n) is 4.88. The lowest BCUT2D eigenvalue weighted by Gasteiger charge is -2.44. The van der Waals surface area contributed by atoms with E-state index in [4.69, 9.17) is 0 Å². The van der Waals surface area contributed by atoms with Crippen LogP contribution in [0.3, 0.4) is 0 Å². The number of rotatable bonds is 5. The highest BCUT2D eigenvalue weighted by Gasteiger charge is 2.40. The van der Waals surface area contributed by atoms with Gasteiger partial charge in [-0.3, -0.25) is 9.89 Å². The number of nitrogens with zero attached hydrogens (tertiary/aromatic N) is 6. The molecular weight excluding hydrogens is 529 g/mol. The van der Waals surface area contributed by atoms with Gasteiger partial charge in [-0.25, -0.2) is 4.98 Å². The molecule has 1 aliphatic carbocycles. The first-order valence-corrected chi connectivity index (χ1v) is 13.0. The van der Waals surface area contributed by atoms with Gasteiger partial charge in [-0.15, -0.1) is 24.0 Å². The summed E-state index contributed by atoms with van der Waals surface area (Å²) < 4.78 is 4.44. The molecule has 3 fully saturated rings. The van der Waals surface area contributed by atoms with E-state index in [9.17, 15) is 0 Å². The quantitative estimate of drug-likeness (QED) is 0.335. The number of halogens is 1. The molecule has 2 aliphatic heterocycles. The molecule has 0 atom stereocenters. The molecule has 7 nitrogen and oxygen atoms in total. The lowest BCUT2D eigenvalue weighted by molar-refractivity contribution is 0.106. The van der Waals surface area contributed by atoms with Crippen LogP contribution in [0.15, 0.2) is 4.99 Å². The average Bonchev–Trinajstić information content (AvgIpc) is 3.46. The van der Waals surface area contributed by atoms with Gasteiger partial charge in [0.15, 0.2) is 5.96 Å². The lowest BCUT2D eigenvalue weighted by Crippen LogP contribution is -2.59. The van der Waals surface area contributed by atoms with Gasteiger partial charge in [0, 0.05) is 87.9 Å². The molecule has 0 aromatic carbocycles. The molecule has 1 aromatic heterocycles. The summed E-state index contributed by atoms with van der Waals surface area (Å²) in [5.41, 5.74) is 0.335. The Bertz CT molecular complexity index is 678. The Morgan fingerprint density at radius 1 is 1.10 bits per heavy atom. The van der Waals surface area contributed by atoms with Crippen molar-refractivity contribution in [1.29, 1.82) is 0 Å². The Hall–Kier alpha value is -0.330. The zero-order chi connectivity index (χ0) is 20.1. The van der Waals surface area contributed by atoms with E-state index in [0.29, 0.717) is 5.54 Å². The van der Waals surface area contributed by atoms with Crippen LogP contribution in [0.25, 0.3) is 0 Å². The number of aryl methyl sites for hydroxylation is 1. The van der Waals surface area contributed by atoms with Crippen LogP contribution in [0.1, 0.15) is 38.4 Å². The number of aromatic nitrogens is 2. The smallest absolute Gasteiger partial charge is 0.205 e. The first-order valence-electron chi connectivity index (χ1n) is 11.1.